The van der Waals surface area contributed by atoms with Gasteiger partial charge in [-0.25, -0.2) is 18.6 Å². The number of carbonyl (C=O) groups is 1. The largest absolute Gasteiger partial charge is 0.493 e. The maximum Gasteiger partial charge on any atom is 0.337 e. The zero-order chi connectivity index (χ0) is 11.6. The van der Waals surface area contributed by atoms with Gasteiger partial charge in [-0.2, -0.15) is 0 Å². The van der Waals surface area contributed by atoms with E-state index in [1.165, 1.54) is 7.11 Å². The van der Waals surface area contributed by atoms with Crippen molar-refractivity contribution in [1.29, 1.82) is 0 Å². The summed E-state index contributed by atoms with van der Waals surface area (Å²) in [6, 6.07) is 0.923. The van der Waals surface area contributed by atoms with Crippen LogP contribution in [0.15, 0.2) is 6.07 Å². The van der Waals surface area contributed by atoms with Crippen molar-refractivity contribution in [2.75, 3.05) is 12.8 Å². The number of hydrogen-bond donors (Lipinski definition) is 2. The quantitative estimate of drug-likeness (QED) is 0.798. The van der Waals surface area contributed by atoms with E-state index in [2.05, 4.69) is 9.72 Å². The third kappa shape index (κ3) is 2.12. The fraction of sp³-hybridized carbons (Fsp3) is 0.250. The summed E-state index contributed by atoms with van der Waals surface area (Å²) in [5, 5.41) is 8.66. The lowest BCUT2D eigenvalue weighted by molar-refractivity contribution is 0.0682. The molecule has 0 radical (unpaired) electrons. The molecule has 82 valence electrons. The fourth-order valence-electron chi connectivity index (χ4n) is 1.03. The molecule has 0 bridgehead atoms. The molecule has 5 nitrogen and oxygen atoms in total. The van der Waals surface area contributed by atoms with E-state index >= 15 is 0 Å². The molecule has 0 saturated heterocycles. The van der Waals surface area contributed by atoms with Gasteiger partial charge in [-0.15, -0.1) is 0 Å². The van der Waals surface area contributed by atoms with E-state index in [1.54, 1.807) is 0 Å². The van der Waals surface area contributed by atoms with Gasteiger partial charge in [0.1, 0.15) is 5.69 Å². The number of alkyl halides is 2. The molecule has 0 amide bonds. The van der Waals surface area contributed by atoms with E-state index in [-0.39, 0.29) is 11.6 Å². The second kappa shape index (κ2) is 4.07. The lowest BCUT2D eigenvalue weighted by Gasteiger charge is -2.08. The Morgan fingerprint density at radius 1 is 1.67 bits per heavy atom. The van der Waals surface area contributed by atoms with Crippen LogP contribution in [0.2, 0.25) is 0 Å². The van der Waals surface area contributed by atoms with Crippen molar-refractivity contribution >= 4 is 11.8 Å². The predicted molar refractivity (Wildman–Crippen MR) is 47.1 cm³/mol. The highest BCUT2D eigenvalue weighted by Crippen LogP contribution is 2.28. The normalized spacial score (nSPS) is 10.4. The standard InChI is InChI=1S/C8H8F2N2O3/c1-15-4-2-3(8(13)14)5(6(9)10)12-7(4)11/h2,6H,1H3,(H2,11,12)(H,13,14). The molecule has 0 atom stereocenters. The van der Waals surface area contributed by atoms with Gasteiger partial charge in [0.05, 0.1) is 12.7 Å². The van der Waals surface area contributed by atoms with E-state index in [0.29, 0.717) is 0 Å². The Hall–Kier alpha value is -1.92. The van der Waals surface area contributed by atoms with Gasteiger partial charge in [0.25, 0.3) is 6.43 Å². The lowest BCUT2D eigenvalue weighted by atomic mass is 10.2. The van der Waals surface area contributed by atoms with Crippen LogP contribution >= 0.6 is 0 Å². The lowest BCUT2D eigenvalue weighted by Crippen LogP contribution is -2.09. The molecule has 1 rings (SSSR count). The van der Waals surface area contributed by atoms with Crippen molar-refractivity contribution in [3.63, 3.8) is 0 Å². The number of aromatic nitrogens is 1. The topological polar surface area (TPSA) is 85.4 Å². The Kier molecular flexibility index (Phi) is 3.03. The van der Waals surface area contributed by atoms with Gasteiger partial charge in [0.15, 0.2) is 11.6 Å². The summed E-state index contributed by atoms with van der Waals surface area (Å²) in [7, 11) is 1.24. The summed E-state index contributed by atoms with van der Waals surface area (Å²) in [5.74, 6) is -1.81. The molecule has 1 aromatic heterocycles. The zero-order valence-electron chi connectivity index (χ0n) is 7.70. The smallest absolute Gasteiger partial charge is 0.337 e. The van der Waals surface area contributed by atoms with Gasteiger partial charge >= 0.3 is 5.97 Å². The van der Waals surface area contributed by atoms with Crippen LogP contribution in [0, 0.1) is 0 Å². The highest BCUT2D eigenvalue weighted by Gasteiger charge is 2.22. The molecular formula is C8H8F2N2O3. The summed E-state index contributed by atoms with van der Waals surface area (Å²) < 4.78 is 29.4. The van der Waals surface area contributed by atoms with E-state index in [0.717, 1.165) is 6.07 Å². The molecule has 15 heavy (non-hydrogen) atoms. The molecule has 0 aliphatic heterocycles. The van der Waals surface area contributed by atoms with Crippen LogP contribution in [-0.4, -0.2) is 23.2 Å². The van der Waals surface area contributed by atoms with Crippen molar-refractivity contribution in [1.82, 2.24) is 4.98 Å². The number of rotatable bonds is 3. The number of hydrogen-bond acceptors (Lipinski definition) is 4. The number of nitrogens with two attached hydrogens (primary N) is 1. The number of ether oxygens (including phenoxy) is 1. The van der Waals surface area contributed by atoms with Crippen LogP contribution in [-0.2, 0) is 0 Å². The molecule has 7 heteroatoms. The first kappa shape index (κ1) is 11.2. The summed E-state index contributed by atoms with van der Waals surface area (Å²) in [6.45, 7) is 0. The number of methoxy groups -OCH3 is 1. The van der Waals surface area contributed by atoms with Gasteiger partial charge in [-0.1, -0.05) is 0 Å². The molecule has 0 fully saturated rings. The highest BCUT2D eigenvalue weighted by atomic mass is 19.3. The summed E-state index contributed by atoms with van der Waals surface area (Å²) >= 11 is 0. The molecule has 1 heterocycles. The Bertz CT molecular complexity index is 396. The van der Waals surface area contributed by atoms with Gasteiger partial charge in [-0.3, -0.25) is 0 Å². The number of pyridine rings is 1. The minimum Gasteiger partial charge on any atom is -0.493 e. The molecule has 1 aromatic rings. The van der Waals surface area contributed by atoms with Crippen molar-refractivity contribution in [3.8, 4) is 5.75 Å². The highest BCUT2D eigenvalue weighted by molar-refractivity contribution is 5.90. The minimum atomic E-state index is -3.00. The maximum absolute atomic E-state index is 12.4. The Morgan fingerprint density at radius 2 is 2.27 bits per heavy atom. The second-order valence-corrected chi connectivity index (χ2v) is 2.61. The minimum absolute atomic E-state index is 0.0446. The number of halogens is 2. The van der Waals surface area contributed by atoms with E-state index < -0.39 is 23.7 Å². The number of anilines is 1. The molecule has 0 aliphatic rings. The first-order valence-corrected chi connectivity index (χ1v) is 3.83. The SMILES string of the molecule is COc1cc(C(=O)O)c(C(F)F)nc1N. The molecule has 0 spiro atoms. The molecule has 0 aromatic carbocycles. The van der Waals surface area contributed by atoms with Crippen LogP contribution in [0.4, 0.5) is 14.6 Å². The monoisotopic (exact) mass is 218 g/mol. The van der Waals surface area contributed by atoms with E-state index in [4.69, 9.17) is 10.8 Å². The van der Waals surface area contributed by atoms with E-state index in [9.17, 15) is 13.6 Å². The van der Waals surface area contributed by atoms with Gasteiger partial charge < -0.3 is 15.6 Å². The van der Waals surface area contributed by atoms with Crippen molar-refractivity contribution < 1.29 is 23.4 Å². The predicted octanol–water partition coefficient (Wildman–Crippen LogP) is 1.31. The Balaban J connectivity index is 3.39. The van der Waals surface area contributed by atoms with Crippen LogP contribution < -0.4 is 10.5 Å². The third-order valence-electron chi connectivity index (χ3n) is 1.70. The maximum atomic E-state index is 12.4. The Morgan fingerprint density at radius 3 is 2.67 bits per heavy atom. The third-order valence-corrected chi connectivity index (χ3v) is 1.70. The average Bonchev–Trinajstić information content (AvgIpc) is 2.16. The van der Waals surface area contributed by atoms with Crippen molar-refractivity contribution in [2.45, 2.75) is 6.43 Å². The molecule has 0 aliphatic carbocycles. The van der Waals surface area contributed by atoms with Gasteiger partial charge in [0, 0.05) is 6.07 Å². The summed E-state index contributed by atoms with van der Waals surface area (Å²) in [4.78, 5) is 13.9. The van der Waals surface area contributed by atoms with Crippen LogP contribution in [0.1, 0.15) is 22.5 Å². The van der Waals surface area contributed by atoms with Crippen molar-refractivity contribution in [3.05, 3.63) is 17.3 Å². The number of nitrogens with zero attached hydrogens (tertiary/aromatic N) is 1. The fourth-order valence-corrected chi connectivity index (χ4v) is 1.03. The van der Waals surface area contributed by atoms with Gasteiger partial charge in [-0.05, 0) is 0 Å². The van der Waals surface area contributed by atoms with Crippen LogP contribution in [0.3, 0.4) is 0 Å². The first-order chi connectivity index (χ1) is 6.97. The zero-order valence-corrected chi connectivity index (χ0v) is 7.70. The number of nitrogen functional groups attached to an aromatic ring is 1. The molecule has 0 saturated carbocycles. The average molecular weight is 218 g/mol. The molecular weight excluding hydrogens is 210 g/mol. The molecule has 0 unspecified atom stereocenters. The summed E-state index contributed by atoms with van der Waals surface area (Å²) in [5.41, 5.74) is 3.80. The molecule has 3 N–H and O–H groups in total. The number of aromatic carboxylic acids is 1. The second-order valence-electron chi connectivity index (χ2n) is 2.61. The number of carboxylic acids is 1. The number of carboxylic acid groups (broad SMARTS) is 1. The first-order valence-electron chi connectivity index (χ1n) is 3.83. The van der Waals surface area contributed by atoms with E-state index in [1.807, 2.05) is 0 Å². The van der Waals surface area contributed by atoms with Crippen LogP contribution in [0.25, 0.3) is 0 Å². The summed E-state index contributed by atoms with van der Waals surface area (Å²) in [6.07, 6.45) is -3.00. The Labute approximate surface area is 83.5 Å². The van der Waals surface area contributed by atoms with Crippen LogP contribution in [0.5, 0.6) is 5.75 Å². The van der Waals surface area contributed by atoms with Crippen molar-refractivity contribution in [2.24, 2.45) is 0 Å². The van der Waals surface area contributed by atoms with Gasteiger partial charge in [0.2, 0.25) is 0 Å².